The Morgan fingerprint density at radius 3 is 2.36 bits per heavy atom. The van der Waals surface area contributed by atoms with Gasteiger partial charge in [0.1, 0.15) is 35.1 Å². The molecule has 0 aliphatic rings. The minimum absolute atomic E-state index is 0.0552. The van der Waals surface area contributed by atoms with Crippen LogP contribution in [-0.2, 0) is 0 Å². The summed E-state index contributed by atoms with van der Waals surface area (Å²) in [6, 6.07) is 2.24. The third kappa shape index (κ3) is 4.96. The first-order chi connectivity index (χ1) is 13.4. The van der Waals surface area contributed by atoms with Gasteiger partial charge in [0, 0.05) is 6.54 Å². The third-order valence-corrected chi connectivity index (χ3v) is 3.77. The van der Waals surface area contributed by atoms with E-state index in [1.807, 2.05) is 6.92 Å². The molecular weight excluding hydrogens is 423 g/mol. The topological polar surface area (TPSA) is 102 Å². The van der Waals surface area contributed by atoms with Crippen LogP contribution in [0.3, 0.4) is 0 Å². The molecule has 0 unspecified atom stereocenters. The van der Waals surface area contributed by atoms with Crippen LogP contribution >= 0.6 is 23.7 Å². The highest BCUT2D eigenvalue weighted by Gasteiger charge is 2.23. The molecule has 0 aliphatic heterocycles. The zero-order valence-corrected chi connectivity index (χ0v) is 15.9. The van der Waals surface area contributed by atoms with E-state index in [0.29, 0.717) is 13.0 Å². The molecule has 0 saturated heterocycles. The van der Waals surface area contributed by atoms with Gasteiger partial charge >= 0.3 is 6.61 Å². The van der Waals surface area contributed by atoms with Gasteiger partial charge < -0.3 is 29.1 Å². The van der Waals surface area contributed by atoms with Crippen molar-refractivity contribution in [3.05, 3.63) is 30.1 Å². The number of phenols is 1. The van der Waals surface area contributed by atoms with Crippen LogP contribution in [0.2, 0.25) is 0 Å². The molecule has 0 spiro atoms. The van der Waals surface area contributed by atoms with Crippen LogP contribution in [0.4, 0.5) is 20.2 Å². The molecule has 2 rings (SSSR count). The lowest BCUT2D eigenvalue weighted by Crippen LogP contribution is -2.15. The number of ether oxygens (including phenoxy) is 1. The molecule has 1 amide bonds. The predicted molar refractivity (Wildman–Crippen MR) is 98.7 cm³/mol. The highest BCUT2D eigenvalue weighted by Crippen LogP contribution is 2.40. The maximum absolute atomic E-state index is 12.6. The number of hydrogen-bond donors (Lipinski definition) is 3. The van der Waals surface area contributed by atoms with Gasteiger partial charge in [0.25, 0.3) is 5.91 Å². The van der Waals surface area contributed by atoms with Gasteiger partial charge in [-0.25, -0.2) is 0 Å². The fraction of sp³-hybridized carbons (Fsp3) is 0.250. The van der Waals surface area contributed by atoms with E-state index in [9.17, 15) is 18.7 Å². The number of carbonyl (C=O) groups is 1. The first kappa shape index (κ1) is 21.6. The molecule has 0 atom stereocenters. The zero-order valence-electron chi connectivity index (χ0n) is 14.3. The Kier molecular flexibility index (Phi) is 7.70. The number of nitrogens with zero attached hydrogens (tertiary/aromatic N) is 1. The van der Waals surface area contributed by atoms with Gasteiger partial charge in [-0.05, 0) is 18.6 Å². The number of benzene rings is 1. The van der Waals surface area contributed by atoms with Gasteiger partial charge in [0.2, 0.25) is 0 Å². The first-order valence-electron chi connectivity index (χ1n) is 7.84. The first-order valence-corrected chi connectivity index (χ1v) is 8.45. The molecule has 0 saturated carbocycles. The Hall–Kier alpha value is -2.72. The Balaban J connectivity index is 2.41. The maximum Gasteiger partial charge on any atom is 0.387 e. The second kappa shape index (κ2) is 10.00. The molecule has 2 aromatic rings. The van der Waals surface area contributed by atoms with Gasteiger partial charge in [0.15, 0.2) is 23.0 Å². The van der Waals surface area contributed by atoms with Gasteiger partial charge in [-0.1, -0.05) is 6.92 Å². The van der Waals surface area contributed by atoms with E-state index in [1.54, 1.807) is 0 Å². The van der Waals surface area contributed by atoms with E-state index < -0.39 is 18.3 Å². The lowest BCUT2D eigenvalue weighted by Gasteiger charge is -2.17. The summed E-state index contributed by atoms with van der Waals surface area (Å²) in [4.78, 5) is 16.4. The lowest BCUT2D eigenvalue weighted by molar-refractivity contribution is -0.0494. The van der Waals surface area contributed by atoms with Crippen LogP contribution in [0, 0.1) is 0 Å². The van der Waals surface area contributed by atoms with E-state index >= 15 is 0 Å². The number of pyridine rings is 1. The smallest absolute Gasteiger partial charge is 0.387 e. The molecule has 28 heavy (non-hydrogen) atoms. The number of rotatable bonds is 9. The van der Waals surface area contributed by atoms with Crippen molar-refractivity contribution in [2.75, 3.05) is 17.2 Å². The molecular formula is C16H15Cl2F2N3O5. The Bertz CT molecular complexity index is 820. The average molecular weight is 438 g/mol. The number of halogens is 4. The number of aromatic hydroxyl groups is 1. The van der Waals surface area contributed by atoms with Crippen LogP contribution in [0.5, 0.6) is 23.0 Å². The summed E-state index contributed by atoms with van der Waals surface area (Å²) < 4.78 is 38.7. The Labute approximate surface area is 168 Å². The van der Waals surface area contributed by atoms with Gasteiger partial charge in [-0.3, -0.25) is 9.78 Å². The molecule has 8 nitrogen and oxygen atoms in total. The van der Waals surface area contributed by atoms with Crippen molar-refractivity contribution >= 4 is 41.0 Å². The summed E-state index contributed by atoms with van der Waals surface area (Å²) in [5.41, 5.74) is -0.439. The van der Waals surface area contributed by atoms with Crippen LogP contribution in [0.15, 0.2) is 24.5 Å². The van der Waals surface area contributed by atoms with Gasteiger partial charge in [0.05, 0.1) is 18.0 Å². The highest BCUT2D eigenvalue weighted by atomic mass is 35.5. The van der Waals surface area contributed by atoms with Crippen molar-refractivity contribution in [1.29, 1.82) is 0 Å². The third-order valence-electron chi connectivity index (χ3n) is 3.43. The van der Waals surface area contributed by atoms with E-state index in [-0.39, 0.29) is 34.2 Å². The standard InChI is InChI=1S/C16H15Cl2F2N3O5/c1-2-5-22-13-9(26-16(19)20)4-3-8(14(13)24)15(25)23-12-10(27-17)6-21-7-11(12)28-18/h3-4,6-7,16,22,24H,2,5H2,1H3,(H,21,23,25). The van der Waals surface area contributed by atoms with Crippen molar-refractivity contribution in [1.82, 2.24) is 4.98 Å². The number of aromatic nitrogens is 1. The van der Waals surface area contributed by atoms with Crippen molar-refractivity contribution in [2.24, 2.45) is 0 Å². The summed E-state index contributed by atoms with van der Waals surface area (Å²) in [5, 5.41) is 15.6. The fourth-order valence-electron chi connectivity index (χ4n) is 2.22. The van der Waals surface area contributed by atoms with Crippen molar-refractivity contribution in [2.45, 2.75) is 20.0 Å². The van der Waals surface area contributed by atoms with E-state index in [1.165, 1.54) is 12.4 Å². The second-order valence-corrected chi connectivity index (χ2v) is 5.57. The monoisotopic (exact) mass is 437 g/mol. The number of hydrogen-bond acceptors (Lipinski definition) is 7. The summed E-state index contributed by atoms with van der Waals surface area (Å²) in [6.45, 7) is -0.930. The number of nitrogens with one attached hydrogen (secondary N) is 2. The van der Waals surface area contributed by atoms with Crippen LogP contribution in [0.25, 0.3) is 0 Å². The van der Waals surface area contributed by atoms with Crippen LogP contribution < -0.4 is 23.9 Å². The number of anilines is 2. The Morgan fingerprint density at radius 1 is 1.18 bits per heavy atom. The highest BCUT2D eigenvalue weighted by molar-refractivity contribution is 6.13. The van der Waals surface area contributed by atoms with Gasteiger partial charge in [-0.15, -0.1) is 0 Å². The maximum atomic E-state index is 12.6. The largest absolute Gasteiger partial charge is 0.505 e. The van der Waals surface area contributed by atoms with Crippen molar-refractivity contribution < 1.29 is 32.0 Å². The summed E-state index contributed by atoms with van der Waals surface area (Å²) >= 11 is 10.7. The van der Waals surface area contributed by atoms with Crippen molar-refractivity contribution in [3.63, 3.8) is 0 Å². The molecule has 1 aromatic heterocycles. The lowest BCUT2D eigenvalue weighted by atomic mass is 10.1. The molecule has 0 fully saturated rings. The summed E-state index contributed by atoms with van der Waals surface area (Å²) in [7, 11) is 0. The minimum Gasteiger partial charge on any atom is -0.505 e. The Morgan fingerprint density at radius 2 is 1.82 bits per heavy atom. The molecule has 1 heterocycles. The van der Waals surface area contributed by atoms with Crippen LogP contribution in [-0.4, -0.2) is 29.2 Å². The van der Waals surface area contributed by atoms with E-state index in [4.69, 9.17) is 23.7 Å². The number of phenolic OH excluding ortho intramolecular Hbond substituents is 1. The molecule has 3 N–H and O–H groups in total. The van der Waals surface area contributed by atoms with Crippen LogP contribution in [0.1, 0.15) is 23.7 Å². The second-order valence-electron chi connectivity index (χ2n) is 5.26. The average Bonchev–Trinajstić information content (AvgIpc) is 2.67. The molecule has 12 heteroatoms. The number of alkyl halides is 2. The molecule has 1 aromatic carbocycles. The molecule has 152 valence electrons. The van der Waals surface area contributed by atoms with E-state index in [0.717, 1.165) is 12.1 Å². The summed E-state index contributed by atoms with van der Waals surface area (Å²) in [5.74, 6) is -1.86. The summed E-state index contributed by atoms with van der Waals surface area (Å²) in [6.07, 6.45) is 3.01. The number of carbonyl (C=O) groups excluding carboxylic acids is 1. The van der Waals surface area contributed by atoms with Crippen molar-refractivity contribution in [3.8, 4) is 23.0 Å². The zero-order chi connectivity index (χ0) is 20.7. The normalized spacial score (nSPS) is 10.5. The molecule has 0 aliphatic carbocycles. The predicted octanol–water partition coefficient (Wildman–Crippen LogP) is 4.53. The fourth-order valence-corrected chi connectivity index (χ4v) is 2.45. The minimum atomic E-state index is -3.11. The quantitative estimate of drug-likeness (QED) is 0.495. The number of amides is 1. The van der Waals surface area contributed by atoms with E-state index in [2.05, 4.69) is 28.9 Å². The molecule has 0 radical (unpaired) electrons. The SMILES string of the molecule is CCCNc1c(OC(F)F)ccc(C(=O)Nc2c(OCl)cncc2OCl)c1O. The molecule has 0 bridgehead atoms. The van der Waals surface area contributed by atoms with Gasteiger partial charge in [-0.2, -0.15) is 8.78 Å².